The number of carbonyl (C=O) groups excluding carboxylic acids is 1. The topological polar surface area (TPSA) is 104 Å². The summed E-state index contributed by atoms with van der Waals surface area (Å²) in [6.07, 6.45) is 6.62. The van der Waals surface area contributed by atoms with Gasteiger partial charge in [-0.05, 0) is 38.0 Å². The summed E-state index contributed by atoms with van der Waals surface area (Å²) in [6.45, 7) is 2.00. The molecule has 0 spiro atoms. The Morgan fingerprint density at radius 2 is 2.06 bits per heavy atom. The molecule has 1 aliphatic rings. The van der Waals surface area contributed by atoms with Gasteiger partial charge in [-0.25, -0.2) is 9.97 Å². The second-order valence-electron chi connectivity index (χ2n) is 8.82. The van der Waals surface area contributed by atoms with Crippen LogP contribution in [0.15, 0.2) is 60.9 Å². The van der Waals surface area contributed by atoms with Crippen molar-refractivity contribution in [3.05, 3.63) is 72.3 Å². The number of imidazole rings is 1. The zero-order chi connectivity index (χ0) is 24.4. The number of methoxy groups -OCH3 is 1. The Balaban J connectivity index is 1.40. The van der Waals surface area contributed by atoms with Gasteiger partial charge in [-0.1, -0.05) is 36.8 Å². The van der Waals surface area contributed by atoms with E-state index in [0.29, 0.717) is 29.8 Å². The lowest BCUT2D eigenvalue weighted by molar-refractivity contribution is -0.124. The van der Waals surface area contributed by atoms with Crippen molar-refractivity contribution >= 4 is 22.9 Å². The Morgan fingerprint density at radius 3 is 2.83 bits per heavy atom. The quantitative estimate of drug-likeness (QED) is 0.383. The van der Waals surface area contributed by atoms with Crippen LogP contribution in [-0.2, 0) is 16.1 Å². The van der Waals surface area contributed by atoms with Gasteiger partial charge < -0.3 is 20.5 Å². The van der Waals surface area contributed by atoms with Crippen LogP contribution in [0.3, 0.4) is 0 Å². The molecular formula is C27H29N5O3. The highest BCUT2D eigenvalue weighted by atomic mass is 16.5. The number of nitrogens with one attached hydrogen (secondary N) is 1. The third kappa shape index (κ3) is 4.57. The van der Waals surface area contributed by atoms with Crippen LogP contribution in [0, 0.1) is 0 Å². The van der Waals surface area contributed by atoms with Crippen molar-refractivity contribution in [2.24, 2.45) is 0 Å². The average molecular weight is 472 g/mol. The first kappa shape index (κ1) is 22.9. The number of nitrogen functional groups attached to an aromatic ring is 1. The number of para-hydroxylation sites is 1. The smallest absolute Gasteiger partial charge is 0.253 e. The summed E-state index contributed by atoms with van der Waals surface area (Å²) in [5, 5.41) is 2.91. The number of benzene rings is 2. The molecule has 2 heterocycles. The number of hydrogen-bond acceptors (Lipinski definition) is 6. The molecule has 0 radical (unpaired) electrons. The first-order chi connectivity index (χ1) is 17.0. The molecule has 1 atom stereocenters. The number of rotatable bonds is 8. The molecule has 0 aliphatic heterocycles. The molecule has 1 aliphatic carbocycles. The van der Waals surface area contributed by atoms with Gasteiger partial charge in [0.05, 0.1) is 0 Å². The second-order valence-corrected chi connectivity index (χ2v) is 8.82. The molecule has 1 saturated carbocycles. The van der Waals surface area contributed by atoms with E-state index in [1.807, 2.05) is 54.7 Å². The van der Waals surface area contributed by atoms with Crippen LogP contribution in [0.4, 0.5) is 11.5 Å². The van der Waals surface area contributed by atoms with E-state index < -0.39 is 6.10 Å². The van der Waals surface area contributed by atoms with E-state index in [0.717, 1.165) is 41.0 Å². The third-order valence-corrected chi connectivity index (χ3v) is 6.58. The van der Waals surface area contributed by atoms with Crippen molar-refractivity contribution in [3.8, 4) is 17.0 Å². The maximum atomic E-state index is 12.3. The molecule has 0 bridgehead atoms. The van der Waals surface area contributed by atoms with Crippen molar-refractivity contribution < 1.29 is 14.3 Å². The lowest BCUT2D eigenvalue weighted by atomic mass is 9.85. The maximum Gasteiger partial charge on any atom is 0.253 e. The Hall–Kier alpha value is -3.91. The first-order valence-electron chi connectivity index (χ1n) is 11.8. The van der Waals surface area contributed by atoms with Gasteiger partial charge in [0.15, 0.2) is 0 Å². The Kier molecular flexibility index (Phi) is 6.37. The van der Waals surface area contributed by atoms with Crippen molar-refractivity contribution in [1.29, 1.82) is 0 Å². The van der Waals surface area contributed by atoms with Crippen LogP contribution in [0.25, 0.3) is 16.8 Å². The molecule has 4 aromatic rings. The van der Waals surface area contributed by atoms with Gasteiger partial charge in [-0.3, -0.25) is 9.20 Å². The van der Waals surface area contributed by atoms with E-state index in [1.54, 1.807) is 13.1 Å². The van der Waals surface area contributed by atoms with E-state index in [9.17, 15) is 4.79 Å². The molecule has 3 N–H and O–H groups in total. The van der Waals surface area contributed by atoms with Gasteiger partial charge in [0.25, 0.3) is 5.91 Å². The molecule has 35 heavy (non-hydrogen) atoms. The molecule has 180 valence electrons. The number of amides is 1. The fourth-order valence-electron chi connectivity index (χ4n) is 4.25. The summed E-state index contributed by atoms with van der Waals surface area (Å²) in [4.78, 5) is 21.6. The number of fused-ring (bicyclic) bond motifs is 1. The average Bonchev–Trinajstić information content (AvgIpc) is 3.22. The van der Waals surface area contributed by atoms with Crippen LogP contribution in [0.5, 0.6) is 5.75 Å². The van der Waals surface area contributed by atoms with Crippen molar-refractivity contribution in [3.63, 3.8) is 0 Å². The highest BCUT2D eigenvalue weighted by Gasteiger charge is 2.27. The van der Waals surface area contributed by atoms with E-state index in [2.05, 4.69) is 14.7 Å². The molecule has 2 aromatic carbocycles. The lowest BCUT2D eigenvalue weighted by Gasteiger charge is -2.23. The number of anilines is 2. The number of hydrogen-bond donors (Lipinski definition) is 2. The third-order valence-electron chi connectivity index (χ3n) is 6.58. The van der Waals surface area contributed by atoms with E-state index in [1.165, 1.54) is 13.5 Å². The SMILES string of the molecule is COC(C)C(=O)Nc1ccccc1COc1cccc(-c2nc(C3CCC3)n3ccnc(N)c23)c1. The van der Waals surface area contributed by atoms with Crippen LogP contribution in [-0.4, -0.2) is 33.5 Å². The molecular weight excluding hydrogens is 442 g/mol. The zero-order valence-electron chi connectivity index (χ0n) is 19.9. The lowest BCUT2D eigenvalue weighted by Crippen LogP contribution is -2.27. The second kappa shape index (κ2) is 9.76. The van der Waals surface area contributed by atoms with Crippen LogP contribution >= 0.6 is 0 Å². The predicted octanol–water partition coefficient (Wildman–Crippen LogP) is 4.80. The Bertz CT molecular complexity index is 1360. The summed E-state index contributed by atoms with van der Waals surface area (Å²) in [6, 6.07) is 15.4. The van der Waals surface area contributed by atoms with Crippen LogP contribution < -0.4 is 15.8 Å². The summed E-state index contributed by atoms with van der Waals surface area (Å²) < 4.78 is 13.3. The van der Waals surface area contributed by atoms with Crippen molar-refractivity contribution in [1.82, 2.24) is 14.4 Å². The van der Waals surface area contributed by atoms with E-state index in [4.69, 9.17) is 20.2 Å². The van der Waals surface area contributed by atoms with Gasteiger partial charge >= 0.3 is 0 Å². The van der Waals surface area contributed by atoms with Gasteiger partial charge in [-0.2, -0.15) is 0 Å². The zero-order valence-corrected chi connectivity index (χ0v) is 19.9. The van der Waals surface area contributed by atoms with Crippen LogP contribution in [0.2, 0.25) is 0 Å². The molecule has 5 rings (SSSR count). The summed E-state index contributed by atoms with van der Waals surface area (Å²) in [7, 11) is 1.51. The number of ether oxygens (including phenoxy) is 2. The fraction of sp³-hybridized carbons (Fsp3) is 0.296. The highest BCUT2D eigenvalue weighted by Crippen LogP contribution is 2.39. The van der Waals surface area contributed by atoms with Crippen LogP contribution in [0.1, 0.15) is 43.5 Å². The largest absolute Gasteiger partial charge is 0.489 e. The number of aromatic nitrogens is 3. The number of carbonyl (C=O) groups is 1. The molecule has 8 heteroatoms. The predicted molar refractivity (Wildman–Crippen MR) is 135 cm³/mol. The highest BCUT2D eigenvalue weighted by molar-refractivity contribution is 5.94. The summed E-state index contributed by atoms with van der Waals surface area (Å²) >= 11 is 0. The number of nitrogens with zero attached hydrogens (tertiary/aromatic N) is 3. The standard InChI is InChI=1S/C27H29N5O3/c1-17(34-2)27(33)30-22-12-4-3-7-20(22)16-35-21-11-6-10-19(15-21)23-24-25(28)29-13-14-32(24)26(31-23)18-8-5-9-18/h3-4,6-7,10-15,17-18H,5,8-9,16H2,1-2H3,(H2,28,29)(H,30,33). The molecule has 1 amide bonds. The Labute approximate surface area is 204 Å². The van der Waals surface area contributed by atoms with E-state index >= 15 is 0 Å². The molecule has 2 aromatic heterocycles. The van der Waals surface area contributed by atoms with Gasteiger partial charge in [0, 0.05) is 42.2 Å². The minimum absolute atomic E-state index is 0.206. The Morgan fingerprint density at radius 1 is 1.23 bits per heavy atom. The van der Waals surface area contributed by atoms with Crippen molar-refractivity contribution in [2.75, 3.05) is 18.2 Å². The summed E-state index contributed by atoms with van der Waals surface area (Å²) in [5.74, 6) is 2.44. The molecule has 0 saturated heterocycles. The van der Waals surface area contributed by atoms with Gasteiger partial charge in [0.1, 0.15) is 41.3 Å². The normalized spacial score (nSPS) is 14.5. The summed E-state index contributed by atoms with van der Waals surface area (Å²) in [5.41, 5.74) is 10.4. The molecule has 1 fully saturated rings. The monoisotopic (exact) mass is 471 g/mol. The number of nitrogens with two attached hydrogens (primary N) is 1. The minimum Gasteiger partial charge on any atom is -0.489 e. The van der Waals surface area contributed by atoms with Crippen molar-refractivity contribution in [2.45, 2.75) is 44.8 Å². The maximum absolute atomic E-state index is 12.3. The van der Waals surface area contributed by atoms with Gasteiger partial charge in [0.2, 0.25) is 0 Å². The minimum atomic E-state index is -0.544. The fourth-order valence-corrected chi connectivity index (χ4v) is 4.25. The van der Waals surface area contributed by atoms with Gasteiger partial charge in [-0.15, -0.1) is 0 Å². The molecule has 8 nitrogen and oxygen atoms in total. The van der Waals surface area contributed by atoms with E-state index in [-0.39, 0.29) is 5.91 Å². The molecule has 1 unspecified atom stereocenters. The first-order valence-corrected chi connectivity index (χ1v) is 11.8.